The zero-order valence-corrected chi connectivity index (χ0v) is 7.73. The Balaban J connectivity index is 2.52. The van der Waals surface area contributed by atoms with Crippen molar-refractivity contribution in [1.29, 1.82) is 10.5 Å². The van der Waals surface area contributed by atoms with Crippen molar-refractivity contribution in [2.75, 3.05) is 19.7 Å². The van der Waals surface area contributed by atoms with Gasteiger partial charge in [0.25, 0.3) is 0 Å². The van der Waals surface area contributed by atoms with Crippen LogP contribution in [0.3, 0.4) is 0 Å². The number of hydrogen-bond acceptors (Lipinski definition) is 4. The Morgan fingerprint density at radius 2 is 2.38 bits per heavy atom. The zero-order valence-electron chi connectivity index (χ0n) is 7.73. The van der Waals surface area contributed by atoms with Crippen LogP contribution in [-0.4, -0.2) is 36.7 Å². The van der Waals surface area contributed by atoms with Gasteiger partial charge in [-0.3, -0.25) is 4.90 Å². The average Bonchev–Trinajstić information content (AvgIpc) is 2.20. The molecule has 1 heterocycles. The summed E-state index contributed by atoms with van der Waals surface area (Å²) in [6.45, 7) is 3.84. The monoisotopic (exact) mass is 179 g/mol. The number of morpholine rings is 1. The van der Waals surface area contributed by atoms with Crippen molar-refractivity contribution in [1.82, 2.24) is 4.90 Å². The van der Waals surface area contributed by atoms with E-state index in [2.05, 4.69) is 12.1 Å². The van der Waals surface area contributed by atoms with Crippen LogP contribution < -0.4 is 0 Å². The van der Waals surface area contributed by atoms with E-state index in [9.17, 15) is 0 Å². The van der Waals surface area contributed by atoms with Gasteiger partial charge in [0.15, 0.2) is 6.10 Å². The number of hydrogen-bond donors (Lipinski definition) is 0. The molecule has 0 saturated carbocycles. The summed E-state index contributed by atoms with van der Waals surface area (Å²) in [7, 11) is 0. The SMILES string of the molecule is CCC(C#N)N1CCOC(C#N)C1. The molecule has 0 N–H and O–H groups in total. The standard InChI is InChI=1S/C9H13N3O/c1-2-8(5-10)12-3-4-13-9(6-11)7-12/h8-9H,2-4,7H2,1H3. The van der Waals surface area contributed by atoms with Crippen molar-refractivity contribution in [2.45, 2.75) is 25.5 Å². The van der Waals surface area contributed by atoms with Gasteiger partial charge >= 0.3 is 0 Å². The minimum Gasteiger partial charge on any atom is -0.361 e. The summed E-state index contributed by atoms with van der Waals surface area (Å²) in [6.07, 6.45) is 0.436. The minimum absolute atomic E-state index is 0.0697. The fraction of sp³-hybridized carbons (Fsp3) is 0.778. The average molecular weight is 179 g/mol. The van der Waals surface area contributed by atoms with Crippen LogP contribution in [0.25, 0.3) is 0 Å². The van der Waals surface area contributed by atoms with E-state index in [0.29, 0.717) is 13.2 Å². The molecule has 1 fully saturated rings. The first-order chi connectivity index (χ1) is 6.31. The molecule has 4 nitrogen and oxygen atoms in total. The molecule has 70 valence electrons. The number of ether oxygens (including phenoxy) is 1. The van der Waals surface area contributed by atoms with E-state index >= 15 is 0 Å². The van der Waals surface area contributed by atoms with Gasteiger partial charge in [-0.25, -0.2) is 0 Å². The lowest BCUT2D eigenvalue weighted by Gasteiger charge is -2.32. The second kappa shape index (κ2) is 4.81. The molecular formula is C9H13N3O. The van der Waals surface area contributed by atoms with E-state index in [1.807, 2.05) is 11.8 Å². The Hall–Kier alpha value is -1.10. The molecule has 0 amide bonds. The predicted molar refractivity (Wildman–Crippen MR) is 46.6 cm³/mol. The largest absolute Gasteiger partial charge is 0.361 e. The Morgan fingerprint density at radius 1 is 1.62 bits per heavy atom. The maximum absolute atomic E-state index is 8.82. The minimum atomic E-state index is -0.365. The summed E-state index contributed by atoms with van der Waals surface area (Å²) in [4.78, 5) is 2.01. The quantitative estimate of drug-likeness (QED) is 0.619. The predicted octanol–water partition coefficient (Wildman–Crippen LogP) is 0.513. The number of nitrogens with zero attached hydrogens (tertiary/aromatic N) is 3. The van der Waals surface area contributed by atoms with Crippen LogP contribution >= 0.6 is 0 Å². The maximum Gasteiger partial charge on any atom is 0.156 e. The van der Waals surface area contributed by atoms with Crippen molar-refractivity contribution in [3.05, 3.63) is 0 Å². The summed E-state index contributed by atoms with van der Waals surface area (Å²) >= 11 is 0. The third-order valence-corrected chi connectivity index (χ3v) is 2.22. The van der Waals surface area contributed by atoms with Gasteiger partial charge in [-0.05, 0) is 6.42 Å². The topological polar surface area (TPSA) is 60.1 Å². The summed E-state index contributed by atoms with van der Waals surface area (Å²) in [5.41, 5.74) is 0. The van der Waals surface area contributed by atoms with Gasteiger partial charge in [0.1, 0.15) is 0 Å². The van der Waals surface area contributed by atoms with E-state index in [-0.39, 0.29) is 12.1 Å². The van der Waals surface area contributed by atoms with Crippen molar-refractivity contribution in [3.63, 3.8) is 0 Å². The molecule has 0 spiro atoms. The molecule has 4 heteroatoms. The van der Waals surface area contributed by atoms with Crippen LogP contribution in [0, 0.1) is 22.7 Å². The summed E-state index contributed by atoms with van der Waals surface area (Å²) in [5, 5.41) is 17.5. The van der Waals surface area contributed by atoms with Gasteiger partial charge in [-0.15, -0.1) is 0 Å². The molecule has 0 aromatic carbocycles. The zero-order chi connectivity index (χ0) is 9.68. The fourth-order valence-corrected chi connectivity index (χ4v) is 1.46. The molecule has 0 aromatic rings. The molecule has 0 aliphatic carbocycles. The highest BCUT2D eigenvalue weighted by molar-refractivity contribution is 4.96. The Morgan fingerprint density at radius 3 is 2.92 bits per heavy atom. The summed E-state index contributed by atoms with van der Waals surface area (Å²) in [5.74, 6) is 0. The first kappa shape index (κ1) is 9.98. The molecule has 1 rings (SSSR count). The van der Waals surface area contributed by atoms with Crippen LogP contribution in [0.1, 0.15) is 13.3 Å². The third-order valence-electron chi connectivity index (χ3n) is 2.22. The fourth-order valence-electron chi connectivity index (χ4n) is 1.46. The lowest BCUT2D eigenvalue weighted by Crippen LogP contribution is -2.46. The molecule has 1 saturated heterocycles. The third kappa shape index (κ3) is 2.42. The molecule has 2 atom stereocenters. The van der Waals surface area contributed by atoms with Gasteiger partial charge in [0, 0.05) is 13.1 Å². The molecule has 1 aliphatic heterocycles. The van der Waals surface area contributed by atoms with Gasteiger partial charge in [-0.1, -0.05) is 6.92 Å². The van der Waals surface area contributed by atoms with Gasteiger partial charge in [0.2, 0.25) is 0 Å². The van der Waals surface area contributed by atoms with E-state index in [1.165, 1.54) is 0 Å². The second-order valence-electron chi connectivity index (χ2n) is 3.04. The Bertz CT molecular complexity index is 240. The van der Waals surface area contributed by atoms with Crippen molar-refractivity contribution in [2.24, 2.45) is 0 Å². The van der Waals surface area contributed by atoms with Crippen LogP contribution in [0.15, 0.2) is 0 Å². The summed E-state index contributed by atoms with van der Waals surface area (Å²) in [6, 6.07) is 4.22. The number of rotatable bonds is 2. The molecule has 13 heavy (non-hydrogen) atoms. The van der Waals surface area contributed by atoms with Crippen LogP contribution in [0.5, 0.6) is 0 Å². The Kier molecular flexibility index (Phi) is 3.70. The highest BCUT2D eigenvalue weighted by atomic mass is 16.5. The first-order valence-electron chi connectivity index (χ1n) is 4.46. The Labute approximate surface area is 78.3 Å². The van der Waals surface area contributed by atoms with Crippen LogP contribution in [0.4, 0.5) is 0 Å². The van der Waals surface area contributed by atoms with Crippen molar-refractivity contribution in [3.8, 4) is 12.1 Å². The van der Waals surface area contributed by atoms with Gasteiger partial charge < -0.3 is 4.74 Å². The van der Waals surface area contributed by atoms with Crippen molar-refractivity contribution >= 4 is 0 Å². The lowest BCUT2D eigenvalue weighted by atomic mass is 10.2. The van der Waals surface area contributed by atoms with Crippen LogP contribution in [-0.2, 0) is 4.74 Å². The van der Waals surface area contributed by atoms with Crippen LogP contribution in [0.2, 0.25) is 0 Å². The first-order valence-corrected chi connectivity index (χ1v) is 4.46. The van der Waals surface area contributed by atoms with E-state index < -0.39 is 0 Å². The highest BCUT2D eigenvalue weighted by Gasteiger charge is 2.24. The van der Waals surface area contributed by atoms with E-state index in [0.717, 1.165) is 13.0 Å². The molecule has 0 bridgehead atoms. The van der Waals surface area contributed by atoms with Crippen molar-refractivity contribution < 1.29 is 4.74 Å². The smallest absolute Gasteiger partial charge is 0.156 e. The molecule has 0 aromatic heterocycles. The summed E-state index contributed by atoms with van der Waals surface area (Å²) < 4.78 is 5.18. The van der Waals surface area contributed by atoms with E-state index in [1.54, 1.807) is 0 Å². The van der Waals surface area contributed by atoms with E-state index in [4.69, 9.17) is 15.3 Å². The highest BCUT2D eigenvalue weighted by Crippen LogP contribution is 2.10. The maximum atomic E-state index is 8.82. The molecular weight excluding hydrogens is 166 g/mol. The van der Waals surface area contributed by atoms with Gasteiger partial charge in [0.05, 0.1) is 24.8 Å². The van der Waals surface area contributed by atoms with Gasteiger partial charge in [-0.2, -0.15) is 10.5 Å². The lowest BCUT2D eigenvalue weighted by molar-refractivity contribution is -0.00899. The number of nitriles is 2. The normalized spacial score (nSPS) is 25.9. The second-order valence-corrected chi connectivity index (χ2v) is 3.04. The molecule has 0 radical (unpaired) electrons. The molecule has 2 unspecified atom stereocenters. The molecule has 1 aliphatic rings.